The molecule has 1 atom stereocenters. The van der Waals surface area contributed by atoms with Crippen LogP contribution in [0, 0.1) is 6.92 Å². The van der Waals surface area contributed by atoms with Crippen molar-refractivity contribution in [2.75, 3.05) is 6.54 Å². The highest BCUT2D eigenvalue weighted by molar-refractivity contribution is 5.33. The Kier molecular flexibility index (Phi) is 4.94. The average Bonchev–Trinajstić information content (AvgIpc) is 3.05. The van der Waals surface area contributed by atoms with Gasteiger partial charge in [-0.1, -0.05) is 55.5 Å². The zero-order valence-electron chi connectivity index (χ0n) is 15.9. The lowest BCUT2D eigenvalue weighted by molar-refractivity contribution is 0.220. The number of aryl methyl sites for hydroxylation is 3. The van der Waals surface area contributed by atoms with Gasteiger partial charge in [0.2, 0.25) is 0 Å². The van der Waals surface area contributed by atoms with Crippen LogP contribution in [0.15, 0.2) is 66.9 Å². The zero-order chi connectivity index (χ0) is 17.9. The summed E-state index contributed by atoms with van der Waals surface area (Å²) in [6.45, 7) is 7.67. The molecule has 1 aliphatic heterocycles. The summed E-state index contributed by atoms with van der Waals surface area (Å²) in [5.41, 5.74) is 7.04. The molecule has 134 valence electrons. The van der Waals surface area contributed by atoms with E-state index in [4.69, 9.17) is 0 Å². The van der Waals surface area contributed by atoms with Gasteiger partial charge in [-0.15, -0.1) is 0 Å². The maximum Gasteiger partial charge on any atom is 0.0759 e. The monoisotopic (exact) mass is 344 g/mol. The summed E-state index contributed by atoms with van der Waals surface area (Å²) < 4.78 is 2.44. The number of hydrogen-bond donors (Lipinski definition) is 0. The molecule has 2 nitrogen and oxygen atoms in total. The van der Waals surface area contributed by atoms with Gasteiger partial charge >= 0.3 is 0 Å². The smallest absolute Gasteiger partial charge is 0.0759 e. The van der Waals surface area contributed by atoms with E-state index in [9.17, 15) is 0 Å². The Morgan fingerprint density at radius 1 is 0.923 bits per heavy atom. The molecule has 3 aromatic rings. The van der Waals surface area contributed by atoms with E-state index in [-0.39, 0.29) is 0 Å². The molecule has 0 saturated heterocycles. The summed E-state index contributed by atoms with van der Waals surface area (Å²) in [6.07, 6.45) is 4.52. The number of nitrogens with zero attached hydrogens (tertiary/aromatic N) is 2. The molecule has 26 heavy (non-hydrogen) atoms. The van der Waals surface area contributed by atoms with Crippen LogP contribution in [0.3, 0.4) is 0 Å². The van der Waals surface area contributed by atoms with Crippen LogP contribution in [-0.2, 0) is 19.5 Å². The van der Waals surface area contributed by atoms with Crippen molar-refractivity contribution in [3.8, 4) is 0 Å². The Balaban J connectivity index is 1.74. The average molecular weight is 345 g/mol. The normalized spacial score (nSPS) is 17.7. The van der Waals surface area contributed by atoms with Gasteiger partial charge in [-0.25, -0.2) is 0 Å². The first-order chi connectivity index (χ1) is 12.8. The number of aromatic nitrogens is 1. The number of rotatable bonds is 4. The first kappa shape index (κ1) is 17.1. The SMILES string of the molecule is CCc1ccc([C@H]2c3cccn3CCCN2Cc2ccccc2C)cc1. The molecular weight excluding hydrogens is 316 g/mol. The second kappa shape index (κ2) is 7.51. The minimum atomic E-state index is 0.318. The lowest BCUT2D eigenvalue weighted by atomic mass is 9.98. The Labute approximate surface area is 157 Å². The minimum absolute atomic E-state index is 0.318. The fraction of sp³-hybridized carbons (Fsp3) is 0.333. The van der Waals surface area contributed by atoms with Gasteiger partial charge in [0, 0.05) is 31.5 Å². The van der Waals surface area contributed by atoms with Crippen LogP contribution in [0.4, 0.5) is 0 Å². The highest BCUT2D eigenvalue weighted by atomic mass is 15.2. The fourth-order valence-corrected chi connectivity index (χ4v) is 4.13. The Bertz CT molecular complexity index is 860. The Morgan fingerprint density at radius 2 is 1.73 bits per heavy atom. The third-order valence-electron chi connectivity index (χ3n) is 5.69. The molecule has 0 amide bonds. The van der Waals surface area contributed by atoms with Crippen molar-refractivity contribution in [3.63, 3.8) is 0 Å². The summed E-state index contributed by atoms with van der Waals surface area (Å²) >= 11 is 0. The van der Waals surface area contributed by atoms with Crippen LogP contribution in [0.1, 0.15) is 47.3 Å². The fourth-order valence-electron chi connectivity index (χ4n) is 4.13. The van der Waals surface area contributed by atoms with Crippen LogP contribution in [-0.4, -0.2) is 16.0 Å². The van der Waals surface area contributed by atoms with E-state index in [1.54, 1.807) is 0 Å². The molecule has 0 unspecified atom stereocenters. The summed E-state index contributed by atoms with van der Waals surface area (Å²) in [5.74, 6) is 0. The lowest BCUT2D eigenvalue weighted by Crippen LogP contribution is -2.29. The van der Waals surface area contributed by atoms with Gasteiger partial charge in [0.15, 0.2) is 0 Å². The highest BCUT2D eigenvalue weighted by Gasteiger charge is 2.27. The van der Waals surface area contributed by atoms with Gasteiger partial charge in [-0.05, 0) is 54.2 Å². The van der Waals surface area contributed by atoms with E-state index in [1.807, 2.05) is 0 Å². The molecule has 1 aliphatic rings. The van der Waals surface area contributed by atoms with Crippen LogP contribution >= 0.6 is 0 Å². The van der Waals surface area contributed by atoms with Gasteiger partial charge in [-0.2, -0.15) is 0 Å². The molecule has 0 aliphatic carbocycles. The van der Waals surface area contributed by atoms with E-state index in [1.165, 1.54) is 34.4 Å². The molecular formula is C24H28N2. The van der Waals surface area contributed by atoms with Gasteiger partial charge in [-0.3, -0.25) is 4.90 Å². The first-order valence-electron chi connectivity index (χ1n) is 9.78. The van der Waals surface area contributed by atoms with E-state index in [0.29, 0.717) is 6.04 Å². The van der Waals surface area contributed by atoms with Gasteiger partial charge in [0.25, 0.3) is 0 Å². The van der Waals surface area contributed by atoms with Crippen molar-refractivity contribution in [1.82, 2.24) is 9.47 Å². The summed E-state index contributed by atoms with van der Waals surface area (Å²) in [6, 6.07) is 22.8. The molecule has 2 heteroatoms. The predicted molar refractivity (Wildman–Crippen MR) is 108 cm³/mol. The number of hydrogen-bond acceptors (Lipinski definition) is 1. The molecule has 0 N–H and O–H groups in total. The topological polar surface area (TPSA) is 8.17 Å². The summed E-state index contributed by atoms with van der Waals surface area (Å²) in [5, 5.41) is 0. The third kappa shape index (κ3) is 3.34. The highest BCUT2D eigenvalue weighted by Crippen LogP contribution is 2.33. The summed E-state index contributed by atoms with van der Waals surface area (Å²) in [4.78, 5) is 2.65. The maximum atomic E-state index is 2.65. The molecule has 0 spiro atoms. The lowest BCUT2D eigenvalue weighted by Gasteiger charge is -2.31. The second-order valence-corrected chi connectivity index (χ2v) is 7.37. The van der Waals surface area contributed by atoms with E-state index < -0.39 is 0 Å². The third-order valence-corrected chi connectivity index (χ3v) is 5.69. The minimum Gasteiger partial charge on any atom is -0.350 e. The number of benzene rings is 2. The van der Waals surface area contributed by atoms with Crippen molar-refractivity contribution in [2.24, 2.45) is 0 Å². The van der Waals surface area contributed by atoms with E-state index in [0.717, 1.165) is 26.1 Å². The van der Waals surface area contributed by atoms with Crippen molar-refractivity contribution in [2.45, 2.75) is 45.8 Å². The van der Waals surface area contributed by atoms with Gasteiger partial charge in [0.05, 0.1) is 6.04 Å². The van der Waals surface area contributed by atoms with Crippen molar-refractivity contribution >= 4 is 0 Å². The van der Waals surface area contributed by atoms with Crippen molar-refractivity contribution in [3.05, 3.63) is 94.8 Å². The Morgan fingerprint density at radius 3 is 2.50 bits per heavy atom. The quantitative estimate of drug-likeness (QED) is 0.619. The van der Waals surface area contributed by atoms with E-state index in [2.05, 4.69) is 90.2 Å². The van der Waals surface area contributed by atoms with Crippen LogP contribution in [0.5, 0.6) is 0 Å². The maximum absolute atomic E-state index is 2.65. The second-order valence-electron chi connectivity index (χ2n) is 7.37. The molecule has 0 bridgehead atoms. The standard InChI is InChI=1S/C24H28N2/c1-3-20-11-13-21(14-12-20)24-23-10-6-15-25(23)16-7-17-26(24)18-22-9-5-4-8-19(22)2/h4-6,8-15,24H,3,7,16-18H2,1-2H3/t24-/m0/s1. The molecule has 4 rings (SSSR count). The van der Waals surface area contributed by atoms with Crippen LogP contribution in [0.25, 0.3) is 0 Å². The van der Waals surface area contributed by atoms with Gasteiger partial charge in [0.1, 0.15) is 0 Å². The molecule has 0 saturated carbocycles. The molecule has 2 aromatic carbocycles. The van der Waals surface area contributed by atoms with E-state index >= 15 is 0 Å². The van der Waals surface area contributed by atoms with Crippen LogP contribution < -0.4 is 0 Å². The molecule has 1 aromatic heterocycles. The molecule has 2 heterocycles. The Hall–Kier alpha value is -2.32. The zero-order valence-corrected chi connectivity index (χ0v) is 15.9. The predicted octanol–water partition coefficient (Wildman–Crippen LogP) is 5.35. The van der Waals surface area contributed by atoms with Crippen molar-refractivity contribution < 1.29 is 0 Å². The summed E-state index contributed by atoms with van der Waals surface area (Å²) in [7, 11) is 0. The van der Waals surface area contributed by atoms with Crippen LogP contribution in [0.2, 0.25) is 0 Å². The first-order valence-corrected chi connectivity index (χ1v) is 9.78. The number of fused-ring (bicyclic) bond motifs is 1. The van der Waals surface area contributed by atoms with Gasteiger partial charge < -0.3 is 4.57 Å². The van der Waals surface area contributed by atoms with Crippen molar-refractivity contribution in [1.29, 1.82) is 0 Å². The molecule has 0 radical (unpaired) electrons. The largest absolute Gasteiger partial charge is 0.350 e. The molecule has 0 fully saturated rings.